The van der Waals surface area contributed by atoms with E-state index in [1.54, 1.807) is 0 Å². The second-order valence-electron chi connectivity index (χ2n) is 7.23. The molecule has 0 aromatic carbocycles. The van der Waals surface area contributed by atoms with Crippen LogP contribution in [0.25, 0.3) is 0 Å². The zero-order valence-corrected chi connectivity index (χ0v) is 15.4. The summed E-state index contributed by atoms with van der Waals surface area (Å²) in [7, 11) is 0. The second-order valence-corrected chi connectivity index (χ2v) is 7.63. The van der Waals surface area contributed by atoms with Crippen LogP contribution < -0.4 is 15.5 Å². The molecule has 1 aromatic heterocycles. The summed E-state index contributed by atoms with van der Waals surface area (Å²) in [6.45, 7) is 8.44. The summed E-state index contributed by atoms with van der Waals surface area (Å²) in [6, 6.07) is 4.13. The van der Waals surface area contributed by atoms with Crippen LogP contribution in [0, 0.1) is 11.8 Å². The first-order valence-electron chi connectivity index (χ1n) is 8.97. The fourth-order valence-corrected chi connectivity index (χ4v) is 3.89. The number of hydrogen-bond acceptors (Lipinski definition) is 4. The molecule has 2 N–H and O–H groups in total. The Labute approximate surface area is 150 Å². The van der Waals surface area contributed by atoms with E-state index in [2.05, 4.69) is 40.4 Å². The molecule has 1 aromatic rings. The van der Waals surface area contributed by atoms with Crippen molar-refractivity contribution in [1.82, 2.24) is 10.3 Å². The van der Waals surface area contributed by atoms with Gasteiger partial charge in [0.2, 0.25) is 0 Å². The van der Waals surface area contributed by atoms with Crippen molar-refractivity contribution in [1.29, 1.82) is 0 Å². The molecule has 2 aliphatic rings. The third-order valence-electron chi connectivity index (χ3n) is 4.71. The Balaban J connectivity index is 1.49. The quantitative estimate of drug-likeness (QED) is 0.816. The Morgan fingerprint density at radius 3 is 2.75 bits per heavy atom. The highest BCUT2D eigenvalue weighted by atomic mass is 32.1. The normalized spacial score (nSPS) is 27.1. The number of ether oxygens (including phenoxy) is 1. The molecular formula is C18H28N4OS. The molecule has 3 rings (SSSR count). The van der Waals surface area contributed by atoms with Crippen molar-refractivity contribution < 1.29 is 4.74 Å². The Morgan fingerprint density at radius 2 is 2.12 bits per heavy atom. The van der Waals surface area contributed by atoms with E-state index in [0.29, 0.717) is 5.11 Å². The van der Waals surface area contributed by atoms with Gasteiger partial charge in [-0.15, -0.1) is 0 Å². The number of piperidine rings is 1. The maximum Gasteiger partial charge on any atom is 0.170 e. The Morgan fingerprint density at radius 1 is 1.33 bits per heavy atom. The van der Waals surface area contributed by atoms with Crippen molar-refractivity contribution >= 4 is 28.8 Å². The van der Waals surface area contributed by atoms with Crippen LogP contribution >= 0.6 is 12.2 Å². The fraction of sp³-hybridized carbons (Fsp3) is 0.667. The largest absolute Gasteiger partial charge is 0.376 e. The number of hydrogen-bond donors (Lipinski definition) is 2. The average Bonchev–Trinajstić information content (AvgIpc) is 3.06. The van der Waals surface area contributed by atoms with Gasteiger partial charge >= 0.3 is 0 Å². The summed E-state index contributed by atoms with van der Waals surface area (Å²) in [6.07, 6.45) is 5.71. The molecule has 132 valence electrons. The topological polar surface area (TPSA) is 49.4 Å². The van der Waals surface area contributed by atoms with Gasteiger partial charge in [0.1, 0.15) is 5.82 Å². The third kappa shape index (κ3) is 4.80. The summed E-state index contributed by atoms with van der Waals surface area (Å²) in [5.41, 5.74) is 0.918. The van der Waals surface area contributed by atoms with Crippen LogP contribution in [0.4, 0.5) is 11.5 Å². The van der Waals surface area contributed by atoms with Gasteiger partial charge in [0.05, 0.1) is 18.0 Å². The van der Waals surface area contributed by atoms with Crippen LogP contribution in [0.1, 0.15) is 33.1 Å². The van der Waals surface area contributed by atoms with Crippen molar-refractivity contribution in [3.8, 4) is 0 Å². The minimum absolute atomic E-state index is 0.285. The lowest BCUT2D eigenvalue weighted by atomic mass is 9.92. The fourth-order valence-electron chi connectivity index (χ4n) is 3.68. The molecule has 3 atom stereocenters. The van der Waals surface area contributed by atoms with Gasteiger partial charge in [-0.3, -0.25) is 0 Å². The summed E-state index contributed by atoms with van der Waals surface area (Å²) < 4.78 is 5.59. The molecule has 2 aliphatic heterocycles. The van der Waals surface area contributed by atoms with E-state index in [-0.39, 0.29) is 6.10 Å². The van der Waals surface area contributed by atoms with Crippen LogP contribution in [0.15, 0.2) is 18.3 Å². The van der Waals surface area contributed by atoms with Crippen LogP contribution in [-0.2, 0) is 4.74 Å². The molecule has 0 unspecified atom stereocenters. The van der Waals surface area contributed by atoms with Crippen LogP contribution in [-0.4, -0.2) is 42.4 Å². The van der Waals surface area contributed by atoms with Gasteiger partial charge in [-0.2, -0.15) is 0 Å². The molecule has 6 heteroatoms. The van der Waals surface area contributed by atoms with Crippen LogP contribution in [0.5, 0.6) is 0 Å². The molecule has 0 saturated carbocycles. The number of rotatable bonds is 4. The van der Waals surface area contributed by atoms with E-state index >= 15 is 0 Å². The standard InChI is InChI=1S/C18H28N4OS/c1-13-8-14(2)12-22(11-13)17-6-5-15(9-19-17)21-18(24)20-10-16-4-3-7-23-16/h5-6,9,13-14,16H,3-4,7-8,10-12H2,1-2H3,(H2,20,21,24)/t13-,14-,16-/m0/s1. The van der Waals surface area contributed by atoms with E-state index in [0.717, 1.165) is 62.4 Å². The molecule has 2 saturated heterocycles. The zero-order valence-electron chi connectivity index (χ0n) is 14.6. The highest BCUT2D eigenvalue weighted by Gasteiger charge is 2.22. The third-order valence-corrected chi connectivity index (χ3v) is 4.96. The number of thiocarbonyl (C=S) groups is 1. The number of nitrogens with zero attached hydrogens (tertiary/aromatic N) is 2. The van der Waals surface area contributed by atoms with Gasteiger partial charge in [-0.25, -0.2) is 4.98 Å². The highest BCUT2D eigenvalue weighted by molar-refractivity contribution is 7.80. The van der Waals surface area contributed by atoms with E-state index in [4.69, 9.17) is 17.0 Å². The molecule has 5 nitrogen and oxygen atoms in total. The van der Waals surface area contributed by atoms with Crippen molar-refractivity contribution in [2.75, 3.05) is 36.5 Å². The first-order valence-corrected chi connectivity index (χ1v) is 9.38. The summed E-state index contributed by atoms with van der Waals surface area (Å²) in [5.74, 6) is 2.50. The highest BCUT2D eigenvalue weighted by Crippen LogP contribution is 2.25. The lowest BCUT2D eigenvalue weighted by Gasteiger charge is -2.35. The van der Waals surface area contributed by atoms with Crippen molar-refractivity contribution in [2.24, 2.45) is 11.8 Å². The van der Waals surface area contributed by atoms with Crippen molar-refractivity contribution in [3.05, 3.63) is 18.3 Å². The van der Waals surface area contributed by atoms with Gasteiger partial charge < -0.3 is 20.3 Å². The van der Waals surface area contributed by atoms with Crippen molar-refractivity contribution in [2.45, 2.75) is 39.2 Å². The average molecular weight is 349 g/mol. The number of anilines is 2. The predicted octanol–water partition coefficient (Wildman–Crippen LogP) is 3.03. The van der Waals surface area contributed by atoms with Gasteiger partial charge in [0.25, 0.3) is 0 Å². The number of aromatic nitrogens is 1. The predicted molar refractivity (Wildman–Crippen MR) is 103 cm³/mol. The molecule has 0 spiro atoms. The molecule has 0 radical (unpaired) electrons. The lowest BCUT2D eigenvalue weighted by Crippen LogP contribution is -2.39. The van der Waals surface area contributed by atoms with Crippen molar-refractivity contribution in [3.63, 3.8) is 0 Å². The lowest BCUT2D eigenvalue weighted by molar-refractivity contribution is 0.114. The van der Waals surface area contributed by atoms with E-state index in [1.807, 2.05) is 12.3 Å². The zero-order chi connectivity index (χ0) is 16.9. The minimum Gasteiger partial charge on any atom is -0.376 e. The second kappa shape index (κ2) is 8.12. The molecule has 2 fully saturated rings. The maximum atomic E-state index is 5.59. The first kappa shape index (κ1) is 17.4. The Kier molecular flexibility index (Phi) is 5.89. The first-order chi connectivity index (χ1) is 11.6. The Bertz CT molecular complexity index is 534. The summed E-state index contributed by atoms with van der Waals surface area (Å²) in [5, 5.41) is 7.04. The van der Waals surface area contributed by atoms with E-state index in [9.17, 15) is 0 Å². The summed E-state index contributed by atoms with van der Waals surface area (Å²) in [4.78, 5) is 7.00. The number of nitrogens with one attached hydrogen (secondary N) is 2. The van der Waals surface area contributed by atoms with Gasteiger partial charge in [-0.1, -0.05) is 13.8 Å². The van der Waals surface area contributed by atoms with Crippen LogP contribution in [0.3, 0.4) is 0 Å². The smallest absolute Gasteiger partial charge is 0.170 e. The molecule has 0 amide bonds. The monoisotopic (exact) mass is 348 g/mol. The maximum absolute atomic E-state index is 5.59. The molecule has 0 aliphatic carbocycles. The van der Waals surface area contributed by atoms with Gasteiger partial charge in [0, 0.05) is 26.2 Å². The molecule has 0 bridgehead atoms. The van der Waals surface area contributed by atoms with Gasteiger partial charge in [-0.05, 0) is 55.4 Å². The Hall–Kier alpha value is -1.40. The van der Waals surface area contributed by atoms with Crippen LogP contribution in [0.2, 0.25) is 0 Å². The van der Waals surface area contributed by atoms with E-state index in [1.165, 1.54) is 6.42 Å². The molecule has 24 heavy (non-hydrogen) atoms. The van der Waals surface area contributed by atoms with Gasteiger partial charge in [0.15, 0.2) is 5.11 Å². The van der Waals surface area contributed by atoms with E-state index < -0.39 is 0 Å². The molecule has 3 heterocycles. The number of pyridine rings is 1. The summed E-state index contributed by atoms with van der Waals surface area (Å²) >= 11 is 5.34. The minimum atomic E-state index is 0.285. The SMILES string of the molecule is C[C@H]1C[C@H](C)CN(c2ccc(NC(=S)NC[C@@H]3CCCO3)cn2)C1. The molecular weight excluding hydrogens is 320 g/mol.